The van der Waals surface area contributed by atoms with E-state index in [2.05, 4.69) is 38.2 Å². The molecule has 2 rings (SSSR count). The molecule has 0 spiro atoms. The van der Waals surface area contributed by atoms with E-state index >= 15 is 0 Å². The number of rotatable bonds is 1. The number of hydrogen-bond donors (Lipinski definition) is 1. The van der Waals surface area contributed by atoms with Crippen LogP contribution in [0.15, 0.2) is 17.0 Å². The third-order valence-corrected chi connectivity index (χ3v) is 4.29. The molecule has 0 fully saturated rings. The Morgan fingerprint density at radius 1 is 1.36 bits per heavy atom. The van der Waals surface area contributed by atoms with Crippen molar-refractivity contribution in [1.82, 2.24) is 0 Å². The monoisotopic (exact) mass is 207 g/mol. The van der Waals surface area contributed by atoms with Crippen molar-refractivity contribution in [1.29, 1.82) is 0 Å². The largest absolute Gasteiger partial charge is 0.383 e. The van der Waals surface area contributed by atoms with Crippen molar-refractivity contribution in [2.24, 2.45) is 0 Å². The van der Waals surface area contributed by atoms with Crippen molar-refractivity contribution in [3.63, 3.8) is 0 Å². The molecule has 0 amide bonds. The standard InChI is InChI=1S/C12H17NS/c1-4-10-7-13-11-5-8(2)9(3)6-12(11)14-10/h5-6,10,13H,4,7H2,1-3H3. The Labute approximate surface area is 90.3 Å². The van der Waals surface area contributed by atoms with E-state index in [1.807, 2.05) is 11.8 Å². The van der Waals surface area contributed by atoms with Crippen LogP contribution in [0.5, 0.6) is 0 Å². The summed E-state index contributed by atoms with van der Waals surface area (Å²) in [5.74, 6) is 0. The molecule has 0 saturated heterocycles. The Hall–Kier alpha value is -0.630. The molecule has 1 aromatic carbocycles. The fourth-order valence-electron chi connectivity index (χ4n) is 1.70. The molecule has 0 radical (unpaired) electrons. The molecule has 1 aromatic rings. The quantitative estimate of drug-likeness (QED) is 0.755. The normalized spacial score (nSPS) is 20.1. The lowest BCUT2D eigenvalue weighted by Crippen LogP contribution is -2.20. The zero-order valence-corrected chi connectivity index (χ0v) is 9.87. The van der Waals surface area contributed by atoms with Crippen LogP contribution in [0.1, 0.15) is 24.5 Å². The van der Waals surface area contributed by atoms with Crippen LogP contribution in [0.3, 0.4) is 0 Å². The number of hydrogen-bond acceptors (Lipinski definition) is 2. The van der Waals surface area contributed by atoms with Gasteiger partial charge in [-0.2, -0.15) is 0 Å². The van der Waals surface area contributed by atoms with E-state index in [9.17, 15) is 0 Å². The van der Waals surface area contributed by atoms with Crippen molar-refractivity contribution >= 4 is 17.4 Å². The Balaban J connectivity index is 2.33. The molecular formula is C12H17NS. The predicted octanol–water partition coefficient (Wildman–Crippen LogP) is 3.60. The third kappa shape index (κ3) is 1.76. The van der Waals surface area contributed by atoms with E-state index in [0.29, 0.717) is 0 Å². The highest BCUT2D eigenvalue weighted by Crippen LogP contribution is 2.37. The van der Waals surface area contributed by atoms with Crippen molar-refractivity contribution in [2.75, 3.05) is 11.9 Å². The molecule has 14 heavy (non-hydrogen) atoms. The van der Waals surface area contributed by atoms with Crippen molar-refractivity contribution in [2.45, 2.75) is 37.3 Å². The smallest absolute Gasteiger partial charge is 0.0481 e. The first kappa shape index (κ1) is 9.91. The molecule has 1 atom stereocenters. The lowest BCUT2D eigenvalue weighted by Gasteiger charge is -2.25. The molecule has 76 valence electrons. The minimum Gasteiger partial charge on any atom is -0.383 e. The van der Waals surface area contributed by atoms with Crippen LogP contribution < -0.4 is 5.32 Å². The number of nitrogens with one attached hydrogen (secondary N) is 1. The molecule has 1 aliphatic rings. The van der Waals surface area contributed by atoms with Crippen LogP contribution in [0.2, 0.25) is 0 Å². The summed E-state index contributed by atoms with van der Waals surface area (Å²) in [7, 11) is 0. The minimum absolute atomic E-state index is 0.740. The summed E-state index contributed by atoms with van der Waals surface area (Å²) >= 11 is 2.02. The van der Waals surface area contributed by atoms with Gasteiger partial charge in [-0.25, -0.2) is 0 Å². The molecule has 1 nitrogen and oxygen atoms in total. The predicted molar refractivity (Wildman–Crippen MR) is 64.3 cm³/mol. The zero-order chi connectivity index (χ0) is 10.1. The average Bonchev–Trinajstić information content (AvgIpc) is 2.19. The molecule has 0 aromatic heterocycles. The van der Waals surface area contributed by atoms with Gasteiger partial charge in [-0.15, -0.1) is 11.8 Å². The fourth-order valence-corrected chi connectivity index (χ4v) is 2.89. The first-order valence-electron chi connectivity index (χ1n) is 5.22. The average molecular weight is 207 g/mol. The Morgan fingerprint density at radius 2 is 2.07 bits per heavy atom. The van der Waals surface area contributed by atoms with E-state index in [1.54, 1.807) is 0 Å². The third-order valence-electron chi connectivity index (χ3n) is 2.87. The SMILES string of the molecule is CCC1CNc2cc(C)c(C)cc2S1. The van der Waals surface area contributed by atoms with Gasteiger partial charge >= 0.3 is 0 Å². The molecule has 1 aliphatic heterocycles. The summed E-state index contributed by atoms with van der Waals surface area (Å²) in [6, 6.07) is 4.58. The molecule has 1 unspecified atom stereocenters. The number of fused-ring (bicyclic) bond motifs is 1. The van der Waals surface area contributed by atoms with Gasteiger partial charge in [-0.1, -0.05) is 6.92 Å². The summed E-state index contributed by atoms with van der Waals surface area (Å²) in [5.41, 5.74) is 4.10. The molecular weight excluding hydrogens is 190 g/mol. The molecule has 1 N–H and O–H groups in total. The Morgan fingerprint density at radius 3 is 2.79 bits per heavy atom. The van der Waals surface area contributed by atoms with Gasteiger partial charge in [-0.3, -0.25) is 0 Å². The molecule has 0 aliphatic carbocycles. The molecule has 0 bridgehead atoms. The van der Waals surface area contributed by atoms with Crippen LogP contribution >= 0.6 is 11.8 Å². The number of benzene rings is 1. The first-order valence-corrected chi connectivity index (χ1v) is 6.10. The second-order valence-electron chi connectivity index (χ2n) is 3.96. The van der Waals surface area contributed by atoms with E-state index in [0.717, 1.165) is 11.8 Å². The van der Waals surface area contributed by atoms with Crippen molar-refractivity contribution < 1.29 is 0 Å². The zero-order valence-electron chi connectivity index (χ0n) is 9.05. The number of aryl methyl sites for hydroxylation is 2. The molecule has 2 heteroatoms. The summed E-state index contributed by atoms with van der Waals surface area (Å²) < 4.78 is 0. The highest BCUT2D eigenvalue weighted by Gasteiger charge is 2.17. The Kier molecular flexibility index (Phi) is 2.73. The Bertz CT molecular complexity index is 346. The number of thioether (sulfide) groups is 1. The van der Waals surface area contributed by atoms with E-state index in [-0.39, 0.29) is 0 Å². The minimum atomic E-state index is 0.740. The lowest BCUT2D eigenvalue weighted by atomic mass is 10.1. The fraction of sp³-hybridized carbons (Fsp3) is 0.500. The van der Waals surface area contributed by atoms with Crippen LogP contribution in [0.4, 0.5) is 5.69 Å². The summed E-state index contributed by atoms with van der Waals surface area (Å²) in [5, 5.41) is 4.25. The van der Waals surface area contributed by atoms with E-state index in [1.165, 1.54) is 28.1 Å². The van der Waals surface area contributed by atoms with Gasteiger partial charge in [0.2, 0.25) is 0 Å². The second kappa shape index (κ2) is 3.85. The maximum absolute atomic E-state index is 3.51. The van der Waals surface area contributed by atoms with Gasteiger partial charge in [-0.05, 0) is 43.5 Å². The van der Waals surface area contributed by atoms with Gasteiger partial charge in [0, 0.05) is 22.4 Å². The summed E-state index contributed by atoms with van der Waals surface area (Å²) in [6.45, 7) is 7.72. The van der Waals surface area contributed by atoms with Crippen LogP contribution in [0.25, 0.3) is 0 Å². The van der Waals surface area contributed by atoms with Crippen LogP contribution in [0, 0.1) is 13.8 Å². The van der Waals surface area contributed by atoms with Crippen molar-refractivity contribution in [3.8, 4) is 0 Å². The van der Waals surface area contributed by atoms with E-state index < -0.39 is 0 Å². The topological polar surface area (TPSA) is 12.0 Å². The maximum atomic E-state index is 3.51. The summed E-state index contributed by atoms with van der Waals surface area (Å²) in [6.07, 6.45) is 1.24. The van der Waals surface area contributed by atoms with Gasteiger partial charge in [0.15, 0.2) is 0 Å². The molecule has 0 saturated carbocycles. The second-order valence-corrected chi connectivity index (χ2v) is 5.30. The summed E-state index contributed by atoms with van der Waals surface area (Å²) in [4.78, 5) is 1.42. The van der Waals surface area contributed by atoms with E-state index in [4.69, 9.17) is 0 Å². The van der Waals surface area contributed by atoms with Gasteiger partial charge in [0.05, 0.1) is 0 Å². The van der Waals surface area contributed by atoms with Crippen LogP contribution in [-0.2, 0) is 0 Å². The van der Waals surface area contributed by atoms with Gasteiger partial charge in [0.1, 0.15) is 0 Å². The van der Waals surface area contributed by atoms with Gasteiger partial charge in [0.25, 0.3) is 0 Å². The van der Waals surface area contributed by atoms with Crippen LogP contribution in [-0.4, -0.2) is 11.8 Å². The van der Waals surface area contributed by atoms with Gasteiger partial charge < -0.3 is 5.32 Å². The first-order chi connectivity index (χ1) is 6.70. The van der Waals surface area contributed by atoms with Crippen molar-refractivity contribution in [3.05, 3.63) is 23.3 Å². The maximum Gasteiger partial charge on any atom is 0.0481 e. The molecule has 1 heterocycles. The number of anilines is 1. The highest BCUT2D eigenvalue weighted by atomic mass is 32.2. The lowest BCUT2D eigenvalue weighted by molar-refractivity contribution is 0.841. The highest BCUT2D eigenvalue weighted by molar-refractivity contribution is 8.00.